The zero-order chi connectivity index (χ0) is 15.0. The Kier molecular flexibility index (Phi) is 4.05. The van der Waals surface area contributed by atoms with Crippen molar-refractivity contribution in [3.8, 4) is 5.69 Å². The lowest BCUT2D eigenvalue weighted by Gasteiger charge is -2.11. The maximum Gasteiger partial charge on any atom is 0.132 e. The van der Waals surface area contributed by atoms with E-state index in [0.29, 0.717) is 0 Å². The molecule has 0 fully saturated rings. The van der Waals surface area contributed by atoms with Gasteiger partial charge in [-0.1, -0.05) is 35.0 Å². The average Bonchev–Trinajstić information content (AvgIpc) is 2.86. The third-order valence-electron chi connectivity index (χ3n) is 3.60. The van der Waals surface area contributed by atoms with Crippen LogP contribution in [0.1, 0.15) is 30.6 Å². The molecule has 0 radical (unpaired) electrons. The van der Waals surface area contributed by atoms with Gasteiger partial charge < -0.3 is 0 Å². The Morgan fingerprint density at radius 1 is 1.19 bits per heavy atom. The third kappa shape index (κ3) is 2.72. The van der Waals surface area contributed by atoms with Crippen molar-refractivity contribution >= 4 is 38.6 Å². The Hall–Kier alpha value is -1.32. The molecule has 0 aliphatic rings. The van der Waals surface area contributed by atoms with Gasteiger partial charge in [-0.15, -0.1) is 11.6 Å². The molecule has 0 saturated carbocycles. The predicted octanol–water partition coefficient (Wildman–Crippen LogP) is 5.65. The van der Waals surface area contributed by atoms with Gasteiger partial charge in [-0.3, -0.25) is 4.57 Å². The van der Waals surface area contributed by atoms with Crippen LogP contribution in [0.2, 0.25) is 0 Å². The minimum atomic E-state index is -0.151. The fraction of sp³-hybridized carbons (Fsp3) is 0.235. The van der Waals surface area contributed by atoms with Gasteiger partial charge in [0.1, 0.15) is 5.82 Å². The van der Waals surface area contributed by atoms with E-state index in [0.717, 1.165) is 33.4 Å². The number of fused-ring (bicyclic) bond motifs is 1. The van der Waals surface area contributed by atoms with Gasteiger partial charge in [0.2, 0.25) is 0 Å². The summed E-state index contributed by atoms with van der Waals surface area (Å²) in [4.78, 5) is 4.68. The minimum absolute atomic E-state index is 0.151. The molecule has 4 heteroatoms. The summed E-state index contributed by atoms with van der Waals surface area (Å²) in [6, 6.07) is 14.7. The van der Waals surface area contributed by atoms with Crippen LogP contribution in [0.25, 0.3) is 16.7 Å². The molecule has 1 unspecified atom stereocenters. The lowest BCUT2D eigenvalue weighted by molar-refractivity contribution is 0.882. The second-order valence-electron chi connectivity index (χ2n) is 5.07. The fourth-order valence-corrected chi connectivity index (χ4v) is 2.98. The molecule has 0 bridgehead atoms. The van der Waals surface area contributed by atoms with Crippen molar-refractivity contribution in [2.24, 2.45) is 0 Å². The van der Waals surface area contributed by atoms with E-state index in [-0.39, 0.29) is 5.38 Å². The number of nitrogens with zero attached hydrogens (tertiary/aromatic N) is 2. The zero-order valence-electron chi connectivity index (χ0n) is 12.0. The van der Waals surface area contributed by atoms with E-state index >= 15 is 0 Å². The van der Waals surface area contributed by atoms with Crippen LogP contribution in [-0.2, 0) is 6.42 Å². The quantitative estimate of drug-likeness (QED) is 0.550. The summed E-state index contributed by atoms with van der Waals surface area (Å²) >= 11 is 9.87. The third-order valence-corrected chi connectivity index (χ3v) is 4.29. The van der Waals surface area contributed by atoms with Crippen molar-refractivity contribution in [3.63, 3.8) is 0 Å². The van der Waals surface area contributed by atoms with E-state index in [2.05, 4.69) is 62.7 Å². The maximum absolute atomic E-state index is 6.33. The second kappa shape index (κ2) is 5.82. The molecule has 1 heterocycles. The molecule has 0 spiro atoms. The normalized spacial score (nSPS) is 12.8. The fourth-order valence-electron chi connectivity index (χ4n) is 2.49. The molecule has 0 saturated heterocycles. The van der Waals surface area contributed by atoms with Crippen molar-refractivity contribution < 1.29 is 0 Å². The summed E-state index contributed by atoms with van der Waals surface area (Å²) in [5.74, 6) is 0.869. The summed E-state index contributed by atoms with van der Waals surface area (Å²) < 4.78 is 3.17. The predicted molar refractivity (Wildman–Crippen MR) is 92.4 cm³/mol. The van der Waals surface area contributed by atoms with Gasteiger partial charge >= 0.3 is 0 Å². The van der Waals surface area contributed by atoms with Crippen LogP contribution in [0, 0.1) is 0 Å². The number of alkyl halides is 1. The van der Waals surface area contributed by atoms with Crippen molar-refractivity contribution in [1.29, 1.82) is 0 Å². The van der Waals surface area contributed by atoms with E-state index in [1.165, 1.54) is 5.56 Å². The number of imidazole rings is 1. The molecule has 0 N–H and O–H groups in total. The number of hydrogen-bond donors (Lipinski definition) is 0. The first-order valence-corrected chi connectivity index (χ1v) is 8.24. The van der Waals surface area contributed by atoms with E-state index in [1.54, 1.807) is 0 Å². The topological polar surface area (TPSA) is 17.8 Å². The number of rotatable bonds is 3. The summed E-state index contributed by atoms with van der Waals surface area (Å²) in [6.45, 7) is 4.11. The lowest BCUT2D eigenvalue weighted by atomic mass is 10.1. The summed E-state index contributed by atoms with van der Waals surface area (Å²) in [6.07, 6.45) is 1.04. The maximum atomic E-state index is 6.33. The average molecular weight is 364 g/mol. The van der Waals surface area contributed by atoms with Crippen molar-refractivity contribution in [2.75, 3.05) is 0 Å². The molecule has 1 atom stereocenters. The first-order chi connectivity index (χ1) is 10.1. The summed E-state index contributed by atoms with van der Waals surface area (Å²) in [5, 5.41) is -0.151. The number of aromatic nitrogens is 2. The van der Waals surface area contributed by atoms with Crippen molar-refractivity contribution in [2.45, 2.75) is 25.6 Å². The molecule has 0 aliphatic heterocycles. The van der Waals surface area contributed by atoms with Gasteiger partial charge in [0.05, 0.1) is 16.4 Å². The van der Waals surface area contributed by atoms with Crippen LogP contribution >= 0.6 is 27.5 Å². The van der Waals surface area contributed by atoms with Crippen LogP contribution < -0.4 is 0 Å². The SMILES string of the molecule is CCc1ccc(-n2c(C(C)Cl)nc3ccc(Br)cc32)cc1. The van der Waals surface area contributed by atoms with Crippen LogP contribution in [-0.4, -0.2) is 9.55 Å². The highest BCUT2D eigenvalue weighted by Gasteiger charge is 2.16. The van der Waals surface area contributed by atoms with E-state index in [1.807, 2.05) is 19.1 Å². The number of benzene rings is 2. The van der Waals surface area contributed by atoms with Gasteiger partial charge in [0.25, 0.3) is 0 Å². The van der Waals surface area contributed by atoms with Gasteiger partial charge in [0, 0.05) is 10.2 Å². The Labute approximate surface area is 137 Å². The number of hydrogen-bond acceptors (Lipinski definition) is 1. The molecule has 3 aromatic rings. The molecular formula is C17H16BrClN2. The Balaban J connectivity index is 2.26. The van der Waals surface area contributed by atoms with E-state index < -0.39 is 0 Å². The van der Waals surface area contributed by atoms with Crippen LogP contribution in [0.5, 0.6) is 0 Å². The Bertz CT molecular complexity index is 775. The van der Waals surface area contributed by atoms with Gasteiger partial charge in [-0.05, 0) is 49.2 Å². The molecule has 1 aromatic heterocycles. The van der Waals surface area contributed by atoms with Crippen molar-refractivity contribution in [1.82, 2.24) is 9.55 Å². The highest BCUT2D eigenvalue weighted by Crippen LogP contribution is 2.29. The van der Waals surface area contributed by atoms with E-state index in [9.17, 15) is 0 Å². The van der Waals surface area contributed by atoms with Gasteiger partial charge in [-0.2, -0.15) is 0 Å². The van der Waals surface area contributed by atoms with E-state index in [4.69, 9.17) is 11.6 Å². The Morgan fingerprint density at radius 2 is 1.90 bits per heavy atom. The molecule has 0 aliphatic carbocycles. The molecule has 3 rings (SSSR count). The zero-order valence-corrected chi connectivity index (χ0v) is 14.3. The molecule has 108 valence electrons. The first-order valence-electron chi connectivity index (χ1n) is 7.01. The molecular weight excluding hydrogens is 348 g/mol. The van der Waals surface area contributed by atoms with Crippen molar-refractivity contribution in [3.05, 3.63) is 58.3 Å². The minimum Gasteiger partial charge on any atom is -0.295 e. The van der Waals surface area contributed by atoms with Crippen LogP contribution in [0.15, 0.2) is 46.9 Å². The standard InChI is InChI=1S/C17H16BrClN2/c1-3-12-4-7-14(8-5-12)21-16-10-13(18)6-9-15(16)20-17(21)11(2)19/h4-11H,3H2,1-2H3. The van der Waals surface area contributed by atoms with Crippen LogP contribution in [0.4, 0.5) is 0 Å². The number of halogens is 2. The van der Waals surface area contributed by atoms with Gasteiger partial charge in [0.15, 0.2) is 0 Å². The summed E-state index contributed by atoms with van der Waals surface area (Å²) in [7, 11) is 0. The molecule has 21 heavy (non-hydrogen) atoms. The van der Waals surface area contributed by atoms with Gasteiger partial charge in [-0.25, -0.2) is 4.98 Å². The monoisotopic (exact) mass is 362 g/mol. The number of aryl methyl sites for hydroxylation is 1. The highest BCUT2D eigenvalue weighted by molar-refractivity contribution is 9.10. The molecule has 2 nitrogen and oxygen atoms in total. The van der Waals surface area contributed by atoms with Crippen LogP contribution in [0.3, 0.4) is 0 Å². The highest BCUT2D eigenvalue weighted by atomic mass is 79.9. The first kappa shape index (κ1) is 14.6. The molecule has 0 amide bonds. The summed E-state index contributed by atoms with van der Waals surface area (Å²) in [5.41, 5.74) is 4.44. The Morgan fingerprint density at radius 3 is 2.52 bits per heavy atom. The smallest absolute Gasteiger partial charge is 0.132 e. The lowest BCUT2D eigenvalue weighted by Crippen LogP contribution is -2.02. The second-order valence-corrected chi connectivity index (χ2v) is 6.64. The largest absolute Gasteiger partial charge is 0.295 e. The molecule has 2 aromatic carbocycles.